The zero-order chi connectivity index (χ0) is 18.5. The lowest BCUT2D eigenvalue weighted by atomic mass is 10.2. The van der Waals surface area contributed by atoms with Crippen molar-refractivity contribution in [3.05, 3.63) is 52.2 Å². The maximum Gasteiger partial charge on any atom is 0.264 e. The minimum absolute atomic E-state index is 0.00117. The summed E-state index contributed by atoms with van der Waals surface area (Å²) < 4.78 is 5.48. The molecule has 0 radical (unpaired) electrons. The predicted molar refractivity (Wildman–Crippen MR) is 97.3 cm³/mol. The first-order valence-corrected chi connectivity index (χ1v) is 9.06. The topological polar surface area (TPSA) is 92.9 Å². The maximum atomic E-state index is 12.3. The minimum atomic E-state index is -0.603. The molecule has 0 saturated carbocycles. The molecule has 0 unspecified atom stereocenters. The predicted octanol–water partition coefficient (Wildman–Crippen LogP) is 1.21. The van der Waals surface area contributed by atoms with Gasteiger partial charge >= 0.3 is 0 Å². The molecule has 0 aliphatic carbocycles. The smallest absolute Gasteiger partial charge is 0.264 e. The van der Waals surface area contributed by atoms with Gasteiger partial charge in [0, 0.05) is 26.2 Å². The van der Waals surface area contributed by atoms with Crippen LogP contribution < -0.4 is 10.5 Å². The van der Waals surface area contributed by atoms with Crippen LogP contribution in [-0.2, 0) is 4.79 Å². The number of rotatable bonds is 5. The Morgan fingerprint density at radius 3 is 2.35 bits per heavy atom. The van der Waals surface area contributed by atoms with E-state index in [9.17, 15) is 14.4 Å². The van der Waals surface area contributed by atoms with E-state index in [1.807, 2.05) is 11.4 Å². The summed E-state index contributed by atoms with van der Waals surface area (Å²) in [5.74, 6) is -0.500. The fourth-order valence-electron chi connectivity index (χ4n) is 2.74. The molecule has 0 bridgehead atoms. The molecule has 3 rings (SSSR count). The third-order valence-electron chi connectivity index (χ3n) is 4.16. The first-order valence-electron chi connectivity index (χ1n) is 8.18. The van der Waals surface area contributed by atoms with Crippen molar-refractivity contribution in [1.29, 1.82) is 0 Å². The molecular weight excluding hydrogens is 354 g/mol. The maximum absolute atomic E-state index is 12.3. The molecule has 1 aliphatic heterocycles. The second-order valence-electron chi connectivity index (χ2n) is 5.80. The average Bonchev–Trinajstić information content (AvgIpc) is 3.20. The van der Waals surface area contributed by atoms with Gasteiger partial charge in [0.05, 0.1) is 10.4 Å². The number of hydrogen-bond donors (Lipinski definition) is 1. The lowest BCUT2D eigenvalue weighted by Gasteiger charge is -2.34. The molecule has 2 heterocycles. The lowest BCUT2D eigenvalue weighted by molar-refractivity contribution is -0.134. The van der Waals surface area contributed by atoms with Crippen molar-refractivity contribution in [3.63, 3.8) is 0 Å². The second-order valence-corrected chi connectivity index (χ2v) is 6.75. The molecule has 1 saturated heterocycles. The molecule has 1 aromatic heterocycles. The lowest BCUT2D eigenvalue weighted by Crippen LogP contribution is -2.51. The summed E-state index contributed by atoms with van der Waals surface area (Å²) in [6, 6.07) is 10.2. The molecule has 1 fully saturated rings. The second kappa shape index (κ2) is 8.01. The zero-order valence-electron chi connectivity index (χ0n) is 14.1. The van der Waals surface area contributed by atoms with Crippen molar-refractivity contribution < 1.29 is 19.1 Å². The Morgan fingerprint density at radius 2 is 1.69 bits per heavy atom. The number of carbonyl (C=O) groups excluding carboxylic acids is 3. The monoisotopic (exact) mass is 373 g/mol. The van der Waals surface area contributed by atoms with Gasteiger partial charge in [-0.3, -0.25) is 14.4 Å². The van der Waals surface area contributed by atoms with E-state index < -0.39 is 5.91 Å². The zero-order valence-corrected chi connectivity index (χ0v) is 14.9. The van der Waals surface area contributed by atoms with Gasteiger partial charge in [-0.25, -0.2) is 0 Å². The van der Waals surface area contributed by atoms with E-state index in [1.54, 1.807) is 40.1 Å². The molecule has 3 amide bonds. The molecular formula is C18H19N3O4S. The third kappa shape index (κ3) is 4.02. The van der Waals surface area contributed by atoms with Crippen LogP contribution in [0.1, 0.15) is 20.0 Å². The van der Waals surface area contributed by atoms with E-state index in [1.165, 1.54) is 11.3 Å². The minimum Gasteiger partial charge on any atom is -0.483 e. The first kappa shape index (κ1) is 17.9. The van der Waals surface area contributed by atoms with Gasteiger partial charge in [-0.2, -0.15) is 0 Å². The van der Waals surface area contributed by atoms with Crippen LogP contribution in [0.15, 0.2) is 41.8 Å². The Morgan fingerprint density at radius 1 is 1.00 bits per heavy atom. The number of hydrogen-bond acceptors (Lipinski definition) is 5. The Balaban J connectivity index is 1.51. The van der Waals surface area contributed by atoms with E-state index in [0.29, 0.717) is 36.8 Å². The van der Waals surface area contributed by atoms with Gasteiger partial charge < -0.3 is 20.3 Å². The quantitative estimate of drug-likeness (QED) is 0.853. The van der Waals surface area contributed by atoms with E-state index in [4.69, 9.17) is 10.5 Å². The molecule has 7 nitrogen and oxygen atoms in total. The van der Waals surface area contributed by atoms with Gasteiger partial charge in [-0.1, -0.05) is 18.2 Å². The van der Waals surface area contributed by atoms with Gasteiger partial charge in [0.2, 0.25) is 0 Å². The summed E-state index contributed by atoms with van der Waals surface area (Å²) in [5, 5.41) is 1.87. The van der Waals surface area contributed by atoms with Crippen LogP contribution in [0.4, 0.5) is 0 Å². The Hall–Kier alpha value is -2.87. The number of benzene rings is 1. The number of thiophene rings is 1. The van der Waals surface area contributed by atoms with Crippen LogP contribution in [-0.4, -0.2) is 60.3 Å². The van der Waals surface area contributed by atoms with Gasteiger partial charge in [-0.15, -0.1) is 11.3 Å². The number of nitrogens with zero attached hydrogens (tertiary/aromatic N) is 2. The summed E-state index contributed by atoms with van der Waals surface area (Å²) in [5.41, 5.74) is 5.54. The summed E-state index contributed by atoms with van der Waals surface area (Å²) in [6.07, 6.45) is 0. The van der Waals surface area contributed by atoms with Crippen molar-refractivity contribution in [3.8, 4) is 5.75 Å². The highest BCUT2D eigenvalue weighted by Crippen LogP contribution is 2.18. The third-order valence-corrected chi connectivity index (χ3v) is 5.01. The molecule has 26 heavy (non-hydrogen) atoms. The molecule has 0 spiro atoms. The van der Waals surface area contributed by atoms with Crippen molar-refractivity contribution in [1.82, 2.24) is 9.80 Å². The van der Waals surface area contributed by atoms with E-state index >= 15 is 0 Å². The molecule has 0 atom stereocenters. The highest BCUT2D eigenvalue weighted by atomic mass is 32.1. The van der Waals surface area contributed by atoms with Crippen LogP contribution >= 0.6 is 11.3 Å². The molecule has 136 valence electrons. The molecule has 1 aliphatic rings. The summed E-state index contributed by atoms with van der Waals surface area (Å²) in [4.78, 5) is 40.1. The van der Waals surface area contributed by atoms with Crippen molar-refractivity contribution in [2.75, 3.05) is 32.8 Å². The van der Waals surface area contributed by atoms with Crippen LogP contribution in [0.2, 0.25) is 0 Å². The van der Waals surface area contributed by atoms with Crippen LogP contribution in [0, 0.1) is 0 Å². The van der Waals surface area contributed by atoms with Crippen LogP contribution in [0.25, 0.3) is 0 Å². The van der Waals surface area contributed by atoms with Gasteiger partial charge in [0.15, 0.2) is 6.61 Å². The van der Waals surface area contributed by atoms with E-state index in [0.717, 1.165) is 0 Å². The highest BCUT2D eigenvalue weighted by molar-refractivity contribution is 7.12. The Bertz CT molecular complexity index is 799. The van der Waals surface area contributed by atoms with Crippen molar-refractivity contribution >= 4 is 29.1 Å². The molecule has 2 aromatic rings. The Labute approximate surface area is 155 Å². The van der Waals surface area contributed by atoms with Crippen LogP contribution in [0.3, 0.4) is 0 Å². The number of piperazine rings is 1. The standard InChI is InChI=1S/C18H19N3O4S/c19-17(23)13-4-1-2-5-14(13)25-12-16(22)20-7-9-21(10-8-20)18(24)15-6-3-11-26-15/h1-6,11H,7-10,12H2,(H2,19,23). The largest absolute Gasteiger partial charge is 0.483 e. The summed E-state index contributed by atoms with van der Waals surface area (Å²) in [6.45, 7) is 1.71. The first-order chi connectivity index (χ1) is 12.6. The normalized spacial score (nSPS) is 14.2. The highest BCUT2D eigenvalue weighted by Gasteiger charge is 2.25. The van der Waals surface area contributed by atoms with Gasteiger partial charge in [0.1, 0.15) is 5.75 Å². The molecule has 8 heteroatoms. The van der Waals surface area contributed by atoms with Crippen molar-refractivity contribution in [2.24, 2.45) is 5.73 Å². The number of primary amides is 1. The summed E-state index contributed by atoms with van der Waals surface area (Å²) in [7, 11) is 0. The van der Waals surface area contributed by atoms with Gasteiger partial charge in [-0.05, 0) is 23.6 Å². The number of ether oxygens (including phenoxy) is 1. The number of carbonyl (C=O) groups is 3. The molecule has 1 aromatic carbocycles. The van der Waals surface area contributed by atoms with E-state index in [2.05, 4.69) is 0 Å². The summed E-state index contributed by atoms with van der Waals surface area (Å²) >= 11 is 1.41. The Kier molecular flexibility index (Phi) is 5.52. The molecule has 2 N–H and O–H groups in total. The fourth-order valence-corrected chi connectivity index (χ4v) is 3.43. The fraction of sp³-hybridized carbons (Fsp3) is 0.278. The van der Waals surface area contributed by atoms with E-state index in [-0.39, 0.29) is 24.0 Å². The van der Waals surface area contributed by atoms with Gasteiger partial charge in [0.25, 0.3) is 17.7 Å². The SMILES string of the molecule is NC(=O)c1ccccc1OCC(=O)N1CCN(C(=O)c2cccs2)CC1. The number of para-hydroxylation sites is 1. The number of nitrogens with two attached hydrogens (primary N) is 1. The number of amides is 3. The van der Waals surface area contributed by atoms with Crippen LogP contribution in [0.5, 0.6) is 5.75 Å². The van der Waals surface area contributed by atoms with Crippen molar-refractivity contribution in [2.45, 2.75) is 0 Å². The average molecular weight is 373 g/mol.